The number of nitrogens with one attached hydrogen (secondary N) is 4. The van der Waals surface area contributed by atoms with Crippen molar-refractivity contribution in [3.63, 3.8) is 0 Å². The quantitative estimate of drug-likeness (QED) is 0.121. The van der Waals surface area contributed by atoms with Crippen molar-refractivity contribution in [2.75, 3.05) is 38.4 Å². The molecule has 4 atom stereocenters. The topological polar surface area (TPSA) is 209 Å². The van der Waals surface area contributed by atoms with Gasteiger partial charge in [0.15, 0.2) is 9.84 Å². The molecular weight excluding hydrogens is 817 g/mol. The van der Waals surface area contributed by atoms with Crippen molar-refractivity contribution in [2.24, 2.45) is 11.8 Å². The summed E-state index contributed by atoms with van der Waals surface area (Å²) in [5.74, 6) is -0.366. The van der Waals surface area contributed by atoms with Gasteiger partial charge in [-0.1, -0.05) is 83.3 Å². The van der Waals surface area contributed by atoms with E-state index >= 15 is 0 Å². The summed E-state index contributed by atoms with van der Waals surface area (Å²) in [5.41, 5.74) is 5.16. The lowest BCUT2D eigenvalue weighted by atomic mass is 9.99. The number of hydrogen-bond acceptors (Lipinski definition) is 10. The van der Waals surface area contributed by atoms with Gasteiger partial charge in [-0.25, -0.2) is 28.0 Å². The summed E-state index contributed by atoms with van der Waals surface area (Å²) in [5, 5.41) is 7.31. The molecule has 0 saturated carbocycles. The molecule has 0 aliphatic carbocycles. The lowest BCUT2D eigenvalue weighted by Gasteiger charge is -2.37. The van der Waals surface area contributed by atoms with Crippen LogP contribution in [0.25, 0.3) is 44.2 Å². The van der Waals surface area contributed by atoms with Gasteiger partial charge in [0, 0.05) is 18.1 Å². The number of amides is 4. The van der Waals surface area contributed by atoms with Crippen molar-refractivity contribution in [1.82, 2.24) is 40.4 Å². The molecule has 7 rings (SSSR count). The summed E-state index contributed by atoms with van der Waals surface area (Å²) in [6.45, 7) is 11.9. The zero-order chi connectivity index (χ0) is 44.0. The first-order valence-corrected chi connectivity index (χ1v) is 25.7. The number of alkyl carbamates (subject to hydrolysis) is 2. The Kier molecular flexibility index (Phi) is 12.0. The molecular formula is C43H54N8O8SSi. The van der Waals surface area contributed by atoms with Crippen LogP contribution in [-0.4, -0.2) is 121 Å². The van der Waals surface area contributed by atoms with Crippen molar-refractivity contribution in [1.29, 1.82) is 0 Å². The molecule has 16 nitrogen and oxygen atoms in total. The van der Waals surface area contributed by atoms with Crippen LogP contribution < -0.4 is 10.6 Å². The third kappa shape index (κ3) is 9.00. The summed E-state index contributed by atoms with van der Waals surface area (Å²) < 4.78 is 35.2. The fraction of sp³-hybridized carbons (Fsp3) is 0.442. The molecule has 2 fully saturated rings. The van der Waals surface area contributed by atoms with E-state index in [1.165, 1.54) is 19.1 Å². The number of aromatic nitrogens is 4. The Morgan fingerprint density at radius 1 is 0.787 bits per heavy atom. The van der Waals surface area contributed by atoms with Crippen molar-refractivity contribution < 1.29 is 37.1 Å². The SMILES string of the molecule is COC(=O)N[C@H](C(=O)N1CCS(=O)(=O)C[C@H]1c1ncc(-c2ccc(-c3ccc4c(ccc5[nH]c([C@@H]6C[Si](C)(C)CN6C(=O)[C@@H](NC(=O)OC)C(C)C)nc54)c3)cc2)[nH]1)C(C)C. The molecule has 324 valence electrons. The first kappa shape index (κ1) is 43.3. The fourth-order valence-corrected chi connectivity index (χ4v) is 12.8. The van der Waals surface area contributed by atoms with Gasteiger partial charge in [0.25, 0.3) is 0 Å². The number of hydrogen-bond donors (Lipinski definition) is 4. The standard InChI is InChI=1S/C43H54N8O8SSi/c1-24(2)35(48-42(54)58-5)40(52)50-17-18-60(56,57)21-33(50)38-44-20-32(46-38)27-11-9-26(10-12-27)28-13-15-30-29(19-28)14-16-31-37(30)47-39(45-31)34-22-61(7,8)23-51(34)41(53)36(25(3)4)49-43(55)59-6/h9-16,19-20,24-25,33-36H,17-18,21-23H2,1-8H3,(H,44,46)(H,45,47)(H,48,54)(H,49,55)/t33-,34-,35-,36-/m0/s1. The fourth-order valence-electron chi connectivity index (χ4n) is 8.45. The minimum absolute atomic E-state index is 0.0302. The molecule has 18 heteroatoms. The van der Waals surface area contributed by atoms with Gasteiger partial charge in [-0.15, -0.1) is 0 Å². The summed E-state index contributed by atoms with van der Waals surface area (Å²) in [6.07, 6.45) is 0.909. The Hall–Kier alpha value is -5.75. The highest BCUT2D eigenvalue weighted by atomic mass is 32.2. The Balaban J connectivity index is 1.11. The van der Waals surface area contributed by atoms with Gasteiger partial charge < -0.3 is 39.9 Å². The summed E-state index contributed by atoms with van der Waals surface area (Å²) in [6, 6.07) is 16.3. The molecule has 0 radical (unpaired) electrons. The van der Waals surface area contributed by atoms with Gasteiger partial charge >= 0.3 is 12.2 Å². The normalized spacial score (nSPS) is 19.6. The minimum atomic E-state index is -3.46. The maximum atomic E-state index is 14.0. The maximum absolute atomic E-state index is 14.0. The van der Waals surface area contributed by atoms with E-state index in [-0.39, 0.29) is 41.8 Å². The molecule has 5 aromatic rings. The van der Waals surface area contributed by atoms with Gasteiger partial charge in [-0.3, -0.25) is 9.59 Å². The first-order valence-electron chi connectivity index (χ1n) is 20.5. The Labute approximate surface area is 356 Å². The van der Waals surface area contributed by atoms with E-state index in [1.54, 1.807) is 20.0 Å². The molecule has 61 heavy (non-hydrogen) atoms. The predicted octanol–water partition coefficient (Wildman–Crippen LogP) is 5.96. The van der Waals surface area contributed by atoms with Crippen LogP contribution in [0.15, 0.2) is 60.8 Å². The third-order valence-electron chi connectivity index (χ3n) is 11.7. The second-order valence-electron chi connectivity index (χ2n) is 17.5. The molecule has 2 saturated heterocycles. The van der Waals surface area contributed by atoms with Crippen LogP contribution >= 0.6 is 0 Å². The number of carbonyl (C=O) groups excluding carboxylic acids is 4. The number of ether oxygens (including phenoxy) is 2. The van der Waals surface area contributed by atoms with E-state index < -0.39 is 54.1 Å². The molecule has 0 unspecified atom stereocenters. The Bertz CT molecular complexity index is 2590. The summed E-state index contributed by atoms with van der Waals surface area (Å²) in [4.78, 5) is 71.8. The predicted molar refractivity (Wildman–Crippen MR) is 235 cm³/mol. The van der Waals surface area contributed by atoms with Gasteiger partial charge in [-0.2, -0.15) is 0 Å². The number of imidazole rings is 2. The second kappa shape index (κ2) is 17.0. The Morgan fingerprint density at radius 2 is 1.39 bits per heavy atom. The Morgan fingerprint density at radius 3 is 2.02 bits per heavy atom. The third-order valence-corrected chi connectivity index (χ3v) is 16.1. The van der Waals surface area contributed by atoms with Crippen LogP contribution in [0.1, 0.15) is 51.4 Å². The number of benzene rings is 3. The highest BCUT2D eigenvalue weighted by Crippen LogP contribution is 2.39. The second-order valence-corrected chi connectivity index (χ2v) is 24.8. The molecule has 0 bridgehead atoms. The monoisotopic (exact) mass is 870 g/mol. The molecule has 2 aliphatic rings. The average Bonchev–Trinajstić information content (AvgIpc) is 3.98. The van der Waals surface area contributed by atoms with Gasteiger partial charge in [-0.05, 0) is 52.1 Å². The van der Waals surface area contributed by atoms with E-state index in [0.29, 0.717) is 17.7 Å². The summed E-state index contributed by atoms with van der Waals surface area (Å²) in [7, 11) is -2.75. The van der Waals surface area contributed by atoms with E-state index in [0.717, 1.165) is 50.4 Å². The first-order chi connectivity index (χ1) is 28.9. The van der Waals surface area contributed by atoms with Crippen LogP contribution in [0.5, 0.6) is 0 Å². The van der Waals surface area contributed by atoms with Crippen LogP contribution in [0, 0.1) is 11.8 Å². The molecule has 2 aliphatic heterocycles. The van der Waals surface area contributed by atoms with Gasteiger partial charge in [0.2, 0.25) is 11.8 Å². The van der Waals surface area contributed by atoms with Gasteiger partial charge in [0.1, 0.15) is 29.8 Å². The number of H-pyrrole nitrogens is 2. The van der Waals surface area contributed by atoms with Crippen molar-refractivity contribution in [2.45, 2.75) is 71.0 Å². The molecule has 4 amide bonds. The highest BCUT2D eigenvalue weighted by molar-refractivity contribution is 7.91. The van der Waals surface area contributed by atoms with Crippen LogP contribution in [0.2, 0.25) is 19.1 Å². The molecule has 4 heterocycles. The van der Waals surface area contributed by atoms with Crippen LogP contribution in [0.4, 0.5) is 9.59 Å². The largest absolute Gasteiger partial charge is 0.453 e. The zero-order valence-corrected chi connectivity index (χ0v) is 37.6. The number of rotatable bonds is 10. The maximum Gasteiger partial charge on any atom is 0.407 e. The zero-order valence-electron chi connectivity index (χ0n) is 35.7. The molecule has 4 N–H and O–H groups in total. The number of aromatic amines is 2. The average molecular weight is 871 g/mol. The van der Waals surface area contributed by atoms with E-state index in [2.05, 4.69) is 62.9 Å². The summed E-state index contributed by atoms with van der Waals surface area (Å²) >= 11 is 0. The number of nitrogens with zero attached hydrogens (tertiary/aromatic N) is 4. The number of carbonyl (C=O) groups is 4. The highest BCUT2D eigenvalue weighted by Gasteiger charge is 2.46. The lowest BCUT2D eigenvalue weighted by Crippen LogP contribution is -2.55. The van der Waals surface area contributed by atoms with E-state index in [4.69, 9.17) is 14.5 Å². The van der Waals surface area contributed by atoms with Gasteiger partial charge in [0.05, 0.1) is 62.8 Å². The lowest BCUT2D eigenvalue weighted by molar-refractivity contribution is -0.137. The number of methoxy groups -OCH3 is 2. The van der Waals surface area contributed by atoms with Crippen molar-refractivity contribution >= 4 is 63.7 Å². The molecule has 0 spiro atoms. The number of sulfone groups is 1. The van der Waals surface area contributed by atoms with E-state index in [9.17, 15) is 27.6 Å². The number of fused-ring (bicyclic) bond motifs is 3. The van der Waals surface area contributed by atoms with Crippen LogP contribution in [0.3, 0.4) is 0 Å². The minimum Gasteiger partial charge on any atom is -0.453 e. The van der Waals surface area contributed by atoms with E-state index in [1.807, 2.05) is 49.1 Å². The smallest absolute Gasteiger partial charge is 0.407 e. The molecule has 3 aromatic carbocycles. The van der Waals surface area contributed by atoms with Crippen molar-refractivity contribution in [3.8, 4) is 22.4 Å². The molecule has 2 aromatic heterocycles. The van der Waals surface area contributed by atoms with Crippen molar-refractivity contribution in [3.05, 3.63) is 72.4 Å². The van der Waals surface area contributed by atoms with Crippen LogP contribution in [-0.2, 0) is 28.9 Å².